The number of benzene rings is 5. The number of ether oxygens (including phenoxy) is 3. The van der Waals surface area contributed by atoms with Crippen molar-refractivity contribution >= 4 is 16.6 Å². The Morgan fingerprint density at radius 1 is 0.785 bits per heavy atom. The van der Waals surface area contributed by atoms with E-state index < -0.39 is 12.3 Å². The van der Waals surface area contributed by atoms with Crippen LogP contribution in [0.3, 0.4) is 0 Å². The Kier molecular flexibility index (Phi) is 14.1. The minimum atomic E-state index is -0.669. The zero-order valence-electron chi connectivity index (χ0n) is 45.3. The molecule has 6 heterocycles. The molecule has 0 radical (unpaired) electrons. The Morgan fingerprint density at radius 3 is 2.54 bits per heavy atom. The van der Waals surface area contributed by atoms with Crippen LogP contribution in [0.5, 0.6) is 23.0 Å². The molecule has 1 aromatic heterocycles. The fraction of sp³-hybridized carbons (Fsp3) is 0.441. The molecular weight excluding hydrogens is 987 g/mol. The second-order valence-electron chi connectivity index (χ2n) is 24.1. The van der Waals surface area contributed by atoms with Crippen molar-refractivity contribution in [2.75, 3.05) is 13.2 Å². The average Bonchev–Trinajstić information content (AvgIpc) is 4.11. The molecule has 79 heavy (non-hydrogen) atoms. The van der Waals surface area contributed by atoms with Crippen LogP contribution in [0.2, 0.25) is 0 Å². The molecule has 14 rings (SSSR count). The van der Waals surface area contributed by atoms with Gasteiger partial charge in [0.05, 0.1) is 37.2 Å². The molecule has 8 aliphatic rings. The van der Waals surface area contributed by atoms with Crippen molar-refractivity contribution in [3.63, 3.8) is 0 Å². The SMILES string of the molecule is NC1C=C2C#CC(CCc3ccc(O)c(Cc4cccc(O)c4)c3)CCCC3CC(O)C4CCc5c(c(CO)cc(O)c5OCc5cc(C67CCOC8(CCCCC8)C6CCc6ccccc67)cc6cn(cc56)C(=C2CO3)N1)C4. The molecule has 410 valence electrons. The number of nitrogens with two attached hydrogens (primary N) is 1. The third-order valence-corrected chi connectivity index (χ3v) is 19.5. The Balaban J connectivity index is 0.935. The quantitative estimate of drug-likeness (QED) is 0.0763. The monoisotopic (exact) mass is 1060 g/mol. The summed E-state index contributed by atoms with van der Waals surface area (Å²) in [4.78, 5) is 0. The number of nitrogens with zero attached hydrogens (tertiary/aromatic N) is 1. The van der Waals surface area contributed by atoms with E-state index in [2.05, 4.69) is 76.6 Å². The molecule has 1 spiro atoms. The van der Waals surface area contributed by atoms with Gasteiger partial charge >= 0.3 is 0 Å². The summed E-state index contributed by atoms with van der Waals surface area (Å²) in [5.41, 5.74) is 18.7. The molecule has 0 amide bonds. The van der Waals surface area contributed by atoms with Crippen LogP contribution in [0.1, 0.15) is 139 Å². The van der Waals surface area contributed by atoms with Crippen LogP contribution in [0.4, 0.5) is 0 Å². The lowest BCUT2D eigenvalue weighted by Gasteiger charge is -2.59. The van der Waals surface area contributed by atoms with Crippen molar-refractivity contribution in [3.05, 3.63) is 170 Å². The summed E-state index contributed by atoms with van der Waals surface area (Å²) in [6, 6.07) is 28.7. The summed E-state index contributed by atoms with van der Waals surface area (Å²) in [7, 11) is 0. The highest BCUT2D eigenvalue weighted by molar-refractivity contribution is 5.89. The molecular formula is C68H75N3O8. The minimum absolute atomic E-state index is 0.0235. The van der Waals surface area contributed by atoms with E-state index in [0.29, 0.717) is 55.9 Å². The number of rotatable bonds is 7. The van der Waals surface area contributed by atoms with E-state index in [-0.39, 0.29) is 66.0 Å². The van der Waals surface area contributed by atoms with Crippen molar-refractivity contribution in [3.8, 4) is 34.8 Å². The number of nitrogens with one attached hydrogen (secondary N) is 1. The van der Waals surface area contributed by atoms with Crippen LogP contribution in [-0.4, -0.2) is 67.3 Å². The molecule has 11 heteroatoms. The third-order valence-electron chi connectivity index (χ3n) is 19.5. The number of aliphatic hydroxyl groups is 2. The molecule has 5 aliphatic heterocycles. The number of aliphatic hydroxyl groups excluding tert-OH is 2. The average molecular weight is 1060 g/mol. The highest BCUT2D eigenvalue weighted by Gasteiger charge is 2.58. The van der Waals surface area contributed by atoms with Gasteiger partial charge in [-0.1, -0.05) is 85.7 Å². The van der Waals surface area contributed by atoms with Gasteiger partial charge in [-0.3, -0.25) is 0 Å². The lowest BCUT2D eigenvalue weighted by molar-refractivity contribution is -0.166. The van der Waals surface area contributed by atoms with E-state index in [1.807, 2.05) is 24.3 Å². The van der Waals surface area contributed by atoms with E-state index in [1.165, 1.54) is 36.0 Å². The normalized spacial score (nSPS) is 26.4. The number of phenols is 3. The number of aryl methyl sites for hydroxylation is 2. The van der Waals surface area contributed by atoms with Crippen LogP contribution in [0.25, 0.3) is 16.6 Å². The van der Waals surface area contributed by atoms with Gasteiger partial charge in [-0.05, 0) is 182 Å². The highest BCUT2D eigenvalue weighted by atomic mass is 16.5. The van der Waals surface area contributed by atoms with E-state index in [1.54, 1.807) is 24.3 Å². The van der Waals surface area contributed by atoms with Crippen LogP contribution >= 0.6 is 0 Å². The van der Waals surface area contributed by atoms with Crippen LogP contribution < -0.4 is 15.8 Å². The van der Waals surface area contributed by atoms with Crippen LogP contribution in [-0.2, 0) is 60.2 Å². The number of dihydropyridines is 1. The van der Waals surface area contributed by atoms with E-state index >= 15 is 0 Å². The number of fused-ring (bicyclic) bond motifs is 7. The van der Waals surface area contributed by atoms with Crippen molar-refractivity contribution < 1.29 is 39.7 Å². The third kappa shape index (κ3) is 9.82. The first-order valence-electron chi connectivity index (χ1n) is 29.4. The maximum Gasteiger partial charge on any atom is 0.164 e. The largest absolute Gasteiger partial charge is 0.508 e. The van der Waals surface area contributed by atoms with E-state index in [0.717, 1.165) is 125 Å². The number of phenolic OH excluding ortho intramolecular Hbond substituents is 3. The van der Waals surface area contributed by atoms with Gasteiger partial charge in [0.15, 0.2) is 11.5 Å². The van der Waals surface area contributed by atoms with Gasteiger partial charge in [0.1, 0.15) is 23.9 Å². The molecule has 1 saturated carbocycles. The highest BCUT2D eigenvalue weighted by Crippen LogP contribution is 2.60. The summed E-state index contributed by atoms with van der Waals surface area (Å²) in [6.45, 7) is 0.931. The van der Waals surface area contributed by atoms with Gasteiger partial charge in [0, 0.05) is 70.2 Å². The standard InChI is InChI=1S/C68H75N3O8/c69-64-35-46-18-16-42(14-15-43-17-22-60(74)48(28-43)29-44-9-6-11-53(73)30-44)8-7-12-54-36-61(75)47-19-21-55-56(33-47)50(39-72)34-62(76)65(55)78-40-51-32-52(31-49-37-71(38-57(49)51)66(70-64)58(46)41-77-54)68-26-27-79-67(24-4-1-5-25-67)63(68)23-20-45-10-2-3-13-59(45)68/h2-3,6,9-11,13,17,22,28,30-32,34-35,37-38,42,47,54,61,63-64,70,72-76H,1,4-5,7-8,12,14-15,19-21,23-27,29,33,36,39-41,69H2. The Hall–Kier alpha value is -6.52. The predicted molar refractivity (Wildman–Crippen MR) is 306 cm³/mol. The Morgan fingerprint density at radius 2 is 1.67 bits per heavy atom. The minimum Gasteiger partial charge on any atom is -0.508 e. The molecule has 5 aromatic carbocycles. The van der Waals surface area contributed by atoms with Crippen molar-refractivity contribution in [1.82, 2.24) is 9.88 Å². The fourth-order valence-corrected chi connectivity index (χ4v) is 15.6. The lowest BCUT2D eigenvalue weighted by atomic mass is 9.51. The fourth-order valence-electron chi connectivity index (χ4n) is 15.6. The summed E-state index contributed by atoms with van der Waals surface area (Å²) in [5.74, 6) is 9.38. The van der Waals surface area contributed by atoms with Crippen molar-refractivity contribution in [2.24, 2.45) is 23.5 Å². The van der Waals surface area contributed by atoms with Gasteiger partial charge in [0.2, 0.25) is 0 Å². The van der Waals surface area contributed by atoms with E-state index in [4.69, 9.17) is 19.9 Å². The maximum absolute atomic E-state index is 12.3. The predicted octanol–water partition coefficient (Wildman–Crippen LogP) is 11.1. The number of hydrogen-bond donors (Lipinski definition) is 7. The molecule has 2 fully saturated rings. The molecule has 7 atom stereocenters. The van der Waals surface area contributed by atoms with Gasteiger partial charge in [-0.2, -0.15) is 0 Å². The molecule has 8 bridgehead atoms. The number of aromatic hydroxyl groups is 3. The topological polar surface area (TPSA) is 172 Å². The molecule has 8 N–H and O–H groups in total. The first-order valence-corrected chi connectivity index (χ1v) is 29.4. The van der Waals surface area contributed by atoms with E-state index in [9.17, 15) is 25.5 Å². The van der Waals surface area contributed by atoms with Crippen LogP contribution in [0.15, 0.2) is 115 Å². The van der Waals surface area contributed by atoms with Gasteiger partial charge in [0.25, 0.3) is 0 Å². The molecule has 11 nitrogen and oxygen atoms in total. The first kappa shape index (κ1) is 51.9. The summed E-state index contributed by atoms with van der Waals surface area (Å²) in [6.07, 6.45) is 20.5. The molecule has 1 saturated heterocycles. The zero-order chi connectivity index (χ0) is 53.8. The van der Waals surface area contributed by atoms with Gasteiger partial charge in [-0.25, -0.2) is 0 Å². The number of aromatic nitrogens is 1. The lowest BCUT2D eigenvalue weighted by Crippen LogP contribution is -2.59. The van der Waals surface area contributed by atoms with Gasteiger partial charge < -0.3 is 55.4 Å². The second-order valence-corrected chi connectivity index (χ2v) is 24.1. The van der Waals surface area contributed by atoms with Crippen molar-refractivity contribution in [2.45, 2.75) is 158 Å². The Labute approximate surface area is 464 Å². The second kappa shape index (κ2) is 21.5. The summed E-state index contributed by atoms with van der Waals surface area (Å²) >= 11 is 0. The molecule has 7 unspecified atom stereocenters. The zero-order valence-corrected chi connectivity index (χ0v) is 45.3. The smallest absolute Gasteiger partial charge is 0.164 e. The Bertz CT molecular complexity index is 3420. The number of hydrogen-bond acceptors (Lipinski definition) is 10. The van der Waals surface area contributed by atoms with Crippen LogP contribution in [0, 0.1) is 29.6 Å². The summed E-state index contributed by atoms with van der Waals surface area (Å²) < 4.78 is 23.3. The van der Waals surface area contributed by atoms with Crippen molar-refractivity contribution in [1.29, 1.82) is 0 Å². The molecule has 3 aliphatic carbocycles. The first-order chi connectivity index (χ1) is 38.5. The van der Waals surface area contributed by atoms with Gasteiger partial charge in [-0.15, -0.1) is 0 Å². The molecule has 6 aromatic rings. The summed E-state index contributed by atoms with van der Waals surface area (Å²) in [5, 5.41) is 61.7. The maximum atomic E-state index is 12.3.